The van der Waals surface area contributed by atoms with E-state index in [1.54, 1.807) is 18.2 Å². The van der Waals surface area contributed by atoms with Gasteiger partial charge in [-0.05, 0) is 17.7 Å². The Balaban J connectivity index is 1.69. The number of hydrogen-bond donors (Lipinski definition) is 0. The van der Waals surface area contributed by atoms with Crippen LogP contribution in [0.4, 0.5) is 0 Å². The molecular weight excluding hydrogens is 324 g/mol. The SMILES string of the molecule is O=C(CCC(=O)c1ccccc1)N=c1ccccn1Cc1ccccc1. The van der Waals surface area contributed by atoms with Gasteiger partial charge >= 0.3 is 0 Å². The molecule has 0 aliphatic heterocycles. The Morgan fingerprint density at radius 3 is 2.15 bits per heavy atom. The fourth-order valence-electron chi connectivity index (χ4n) is 2.66. The zero-order valence-electron chi connectivity index (χ0n) is 14.4. The molecule has 4 nitrogen and oxygen atoms in total. The minimum atomic E-state index is -0.290. The summed E-state index contributed by atoms with van der Waals surface area (Å²) in [5, 5.41) is 0. The quantitative estimate of drug-likeness (QED) is 0.641. The number of nitrogens with zero attached hydrogens (tertiary/aromatic N) is 2. The van der Waals surface area contributed by atoms with Crippen molar-refractivity contribution in [1.82, 2.24) is 4.57 Å². The van der Waals surface area contributed by atoms with Gasteiger partial charge in [0, 0.05) is 31.1 Å². The highest BCUT2D eigenvalue weighted by molar-refractivity contribution is 5.97. The monoisotopic (exact) mass is 344 g/mol. The Hall–Kier alpha value is -3.27. The molecule has 0 atom stereocenters. The van der Waals surface area contributed by atoms with Crippen molar-refractivity contribution in [2.45, 2.75) is 19.4 Å². The highest BCUT2D eigenvalue weighted by atomic mass is 16.1. The number of carbonyl (C=O) groups excluding carboxylic acids is 2. The molecule has 0 aliphatic carbocycles. The van der Waals surface area contributed by atoms with E-state index in [0.29, 0.717) is 17.6 Å². The topological polar surface area (TPSA) is 51.4 Å². The average Bonchev–Trinajstić information content (AvgIpc) is 2.69. The van der Waals surface area contributed by atoms with Crippen LogP contribution in [0.25, 0.3) is 0 Å². The normalized spacial score (nSPS) is 11.3. The number of amides is 1. The van der Waals surface area contributed by atoms with Gasteiger partial charge in [-0.25, -0.2) is 0 Å². The molecule has 0 aliphatic rings. The number of pyridine rings is 1. The van der Waals surface area contributed by atoms with Crippen LogP contribution in [-0.2, 0) is 11.3 Å². The molecule has 0 bridgehead atoms. The third-order valence-electron chi connectivity index (χ3n) is 4.01. The van der Waals surface area contributed by atoms with Crippen molar-refractivity contribution in [2.24, 2.45) is 4.99 Å². The van der Waals surface area contributed by atoms with Crippen LogP contribution in [0.5, 0.6) is 0 Å². The molecular formula is C22H20N2O2. The summed E-state index contributed by atoms with van der Waals surface area (Å²) in [6, 6.07) is 24.6. The number of ketones is 1. The number of carbonyl (C=O) groups is 2. The number of Topliss-reactive ketones (excluding diaryl/α,β-unsaturated/α-hetero) is 1. The molecule has 1 amide bonds. The summed E-state index contributed by atoms with van der Waals surface area (Å²) in [4.78, 5) is 28.5. The Kier molecular flexibility index (Phi) is 5.88. The van der Waals surface area contributed by atoms with Crippen LogP contribution >= 0.6 is 0 Å². The van der Waals surface area contributed by atoms with E-state index in [2.05, 4.69) is 4.99 Å². The summed E-state index contributed by atoms with van der Waals surface area (Å²) in [6.07, 6.45) is 2.17. The van der Waals surface area contributed by atoms with E-state index in [0.717, 1.165) is 5.56 Å². The molecule has 3 aromatic rings. The fraction of sp³-hybridized carbons (Fsp3) is 0.136. The molecule has 0 spiro atoms. The summed E-state index contributed by atoms with van der Waals surface area (Å²) in [6.45, 7) is 0.636. The minimum absolute atomic E-state index is 0.0422. The zero-order valence-corrected chi connectivity index (χ0v) is 14.4. The lowest BCUT2D eigenvalue weighted by molar-refractivity contribution is -0.118. The van der Waals surface area contributed by atoms with Gasteiger partial charge in [0.25, 0.3) is 0 Å². The van der Waals surface area contributed by atoms with Crippen LogP contribution in [0, 0.1) is 0 Å². The second kappa shape index (κ2) is 8.72. The van der Waals surface area contributed by atoms with Gasteiger partial charge < -0.3 is 4.57 Å². The summed E-state index contributed by atoms with van der Waals surface area (Å²) in [5.74, 6) is -0.332. The largest absolute Gasteiger partial charge is 0.329 e. The third-order valence-corrected chi connectivity index (χ3v) is 4.01. The molecule has 0 N–H and O–H groups in total. The Bertz CT molecular complexity index is 944. The van der Waals surface area contributed by atoms with Gasteiger partial charge in [-0.1, -0.05) is 66.7 Å². The van der Waals surface area contributed by atoms with Gasteiger partial charge in [-0.2, -0.15) is 4.99 Å². The van der Waals surface area contributed by atoms with Gasteiger partial charge in [0.15, 0.2) is 5.78 Å². The molecule has 2 aromatic carbocycles. The molecule has 4 heteroatoms. The molecule has 0 unspecified atom stereocenters. The van der Waals surface area contributed by atoms with E-state index in [9.17, 15) is 9.59 Å². The zero-order chi connectivity index (χ0) is 18.2. The van der Waals surface area contributed by atoms with Crippen LogP contribution in [0.2, 0.25) is 0 Å². The second-order valence-electron chi connectivity index (χ2n) is 5.97. The predicted molar refractivity (Wildman–Crippen MR) is 101 cm³/mol. The lowest BCUT2D eigenvalue weighted by atomic mass is 10.1. The van der Waals surface area contributed by atoms with Gasteiger partial charge in [0.05, 0.1) is 0 Å². The molecule has 0 radical (unpaired) electrons. The molecule has 130 valence electrons. The minimum Gasteiger partial charge on any atom is -0.329 e. The molecule has 0 saturated carbocycles. The van der Waals surface area contributed by atoms with Crippen LogP contribution in [0.15, 0.2) is 90.1 Å². The van der Waals surface area contributed by atoms with Gasteiger partial charge in [0.1, 0.15) is 5.49 Å². The predicted octanol–water partition coefficient (Wildman–Crippen LogP) is 3.63. The van der Waals surface area contributed by atoms with Crippen molar-refractivity contribution in [3.8, 4) is 0 Å². The lowest BCUT2D eigenvalue weighted by Crippen LogP contribution is -2.22. The van der Waals surface area contributed by atoms with Crippen molar-refractivity contribution < 1.29 is 9.59 Å². The fourth-order valence-corrected chi connectivity index (χ4v) is 2.66. The average molecular weight is 344 g/mol. The van der Waals surface area contributed by atoms with Crippen LogP contribution in [0.3, 0.4) is 0 Å². The van der Waals surface area contributed by atoms with Crippen molar-refractivity contribution in [3.05, 3.63) is 102 Å². The van der Waals surface area contributed by atoms with Crippen molar-refractivity contribution >= 4 is 11.7 Å². The Labute approximate surface area is 152 Å². The molecule has 26 heavy (non-hydrogen) atoms. The molecule has 3 rings (SSSR count). The van der Waals surface area contributed by atoms with Gasteiger partial charge in [-0.3, -0.25) is 9.59 Å². The first-order valence-electron chi connectivity index (χ1n) is 8.57. The Morgan fingerprint density at radius 1 is 0.769 bits per heavy atom. The molecule has 0 fully saturated rings. The van der Waals surface area contributed by atoms with Gasteiger partial charge in [-0.15, -0.1) is 0 Å². The van der Waals surface area contributed by atoms with Crippen LogP contribution in [-0.4, -0.2) is 16.3 Å². The summed E-state index contributed by atoms with van der Waals surface area (Å²) in [7, 11) is 0. The smallest absolute Gasteiger partial charge is 0.248 e. The highest BCUT2D eigenvalue weighted by Crippen LogP contribution is 2.05. The standard InChI is InChI=1S/C22H20N2O2/c25-20(19-11-5-2-6-12-19)14-15-22(26)23-21-13-7-8-16-24(21)17-18-9-3-1-4-10-18/h1-13,16H,14-15,17H2. The summed E-state index contributed by atoms with van der Waals surface area (Å²) < 4.78 is 1.92. The van der Waals surface area contributed by atoms with E-state index in [-0.39, 0.29) is 24.5 Å². The number of aromatic nitrogens is 1. The van der Waals surface area contributed by atoms with Gasteiger partial charge in [0.2, 0.25) is 5.91 Å². The highest BCUT2D eigenvalue weighted by Gasteiger charge is 2.08. The van der Waals surface area contributed by atoms with E-state index in [4.69, 9.17) is 0 Å². The molecule has 1 heterocycles. The van der Waals surface area contributed by atoms with E-state index in [1.165, 1.54) is 0 Å². The third kappa shape index (κ3) is 4.86. The lowest BCUT2D eigenvalue weighted by Gasteiger charge is -2.07. The molecule has 1 aromatic heterocycles. The second-order valence-corrected chi connectivity index (χ2v) is 5.97. The first-order valence-corrected chi connectivity index (χ1v) is 8.57. The number of rotatable bonds is 6. The van der Waals surface area contributed by atoms with E-state index >= 15 is 0 Å². The maximum atomic E-state index is 12.2. The maximum Gasteiger partial charge on any atom is 0.248 e. The summed E-state index contributed by atoms with van der Waals surface area (Å²) >= 11 is 0. The van der Waals surface area contributed by atoms with Crippen molar-refractivity contribution in [2.75, 3.05) is 0 Å². The van der Waals surface area contributed by atoms with E-state index in [1.807, 2.05) is 71.4 Å². The number of benzene rings is 2. The Morgan fingerprint density at radius 2 is 1.42 bits per heavy atom. The first-order chi connectivity index (χ1) is 12.7. The number of hydrogen-bond acceptors (Lipinski definition) is 2. The van der Waals surface area contributed by atoms with Crippen molar-refractivity contribution in [1.29, 1.82) is 0 Å². The van der Waals surface area contributed by atoms with Crippen LogP contribution < -0.4 is 5.49 Å². The van der Waals surface area contributed by atoms with Crippen LogP contribution in [0.1, 0.15) is 28.8 Å². The maximum absolute atomic E-state index is 12.2. The van der Waals surface area contributed by atoms with Crippen molar-refractivity contribution in [3.63, 3.8) is 0 Å². The molecule has 0 saturated heterocycles. The first kappa shape index (κ1) is 17.5. The summed E-state index contributed by atoms with van der Waals surface area (Å²) in [5.41, 5.74) is 2.35. The van der Waals surface area contributed by atoms with E-state index < -0.39 is 0 Å².